The maximum absolute atomic E-state index is 13.1. The summed E-state index contributed by atoms with van der Waals surface area (Å²) in [4.78, 5) is 37.0. The highest BCUT2D eigenvalue weighted by Crippen LogP contribution is 2.30. The molecule has 8 heteroatoms. The Bertz CT molecular complexity index is 890. The smallest absolute Gasteiger partial charge is 0.265 e. The third kappa shape index (κ3) is 4.75. The van der Waals surface area contributed by atoms with Crippen molar-refractivity contribution < 1.29 is 14.0 Å². The van der Waals surface area contributed by atoms with Gasteiger partial charge in [-0.15, -0.1) is 11.3 Å². The Morgan fingerprint density at radius 1 is 0.967 bits per heavy atom. The van der Waals surface area contributed by atoms with Gasteiger partial charge >= 0.3 is 0 Å². The van der Waals surface area contributed by atoms with Gasteiger partial charge in [-0.1, -0.05) is 12.8 Å². The summed E-state index contributed by atoms with van der Waals surface area (Å²) >= 11 is 1.39. The molecule has 2 amide bonds. The SMILES string of the molecule is Cc1ccc(-c2nc(C)c(C(=O)N3CCN(CC(=O)N4CCCCCC4)CC3)s2)o1. The van der Waals surface area contributed by atoms with Crippen LogP contribution in [-0.2, 0) is 4.79 Å². The van der Waals surface area contributed by atoms with E-state index in [0.717, 1.165) is 55.5 Å². The van der Waals surface area contributed by atoms with E-state index in [1.165, 1.54) is 24.2 Å². The number of likely N-dealkylation sites (tertiary alicyclic amines) is 1. The van der Waals surface area contributed by atoms with Gasteiger partial charge in [0.15, 0.2) is 10.8 Å². The number of furan rings is 1. The highest BCUT2D eigenvalue weighted by Gasteiger charge is 2.27. The molecular weight excluding hydrogens is 400 g/mol. The van der Waals surface area contributed by atoms with Gasteiger partial charge < -0.3 is 14.2 Å². The number of piperazine rings is 1. The summed E-state index contributed by atoms with van der Waals surface area (Å²) in [6, 6.07) is 3.79. The summed E-state index contributed by atoms with van der Waals surface area (Å²) in [5.41, 5.74) is 0.743. The molecule has 4 heterocycles. The third-order valence-corrected chi connectivity index (χ3v) is 7.08. The van der Waals surface area contributed by atoms with E-state index in [1.54, 1.807) is 0 Å². The molecule has 0 atom stereocenters. The van der Waals surface area contributed by atoms with E-state index < -0.39 is 0 Å². The maximum atomic E-state index is 13.1. The second-order valence-corrected chi connectivity index (χ2v) is 9.21. The highest BCUT2D eigenvalue weighted by atomic mass is 32.1. The maximum Gasteiger partial charge on any atom is 0.265 e. The van der Waals surface area contributed by atoms with Crippen molar-refractivity contribution in [2.75, 3.05) is 45.8 Å². The summed E-state index contributed by atoms with van der Waals surface area (Å²) in [6.45, 7) is 8.74. The molecule has 0 N–H and O–H groups in total. The fourth-order valence-corrected chi connectivity index (χ4v) is 5.11. The predicted octanol–water partition coefficient (Wildman–Crippen LogP) is 3.18. The van der Waals surface area contributed by atoms with Crippen LogP contribution in [0.25, 0.3) is 10.8 Å². The van der Waals surface area contributed by atoms with Crippen molar-refractivity contribution in [3.05, 3.63) is 28.5 Å². The predicted molar refractivity (Wildman–Crippen MR) is 117 cm³/mol. The minimum Gasteiger partial charge on any atom is -0.459 e. The van der Waals surface area contributed by atoms with E-state index >= 15 is 0 Å². The number of aromatic nitrogens is 1. The number of aryl methyl sites for hydroxylation is 2. The van der Waals surface area contributed by atoms with Gasteiger partial charge in [0.05, 0.1) is 12.2 Å². The molecule has 0 saturated carbocycles. The van der Waals surface area contributed by atoms with Gasteiger partial charge in [0.25, 0.3) is 5.91 Å². The molecule has 0 aromatic carbocycles. The van der Waals surface area contributed by atoms with Crippen LogP contribution in [0.5, 0.6) is 0 Å². The normalized spacial score (nSPS) is 18.5. The molecule has 7 nitrogen and oxygen atoms in total. The van der Waals surface area contributed by atoms with Crippen LogP contribution in [0.2, 0.25) is 0 Å². The summed E-state index contributed by atoms with van der Waals surface area (Å²) in [5.74, 6) is 1.79. The zero-order valence-corrected chi connectivity index (χ0v) is 18.7. The van der Waals surface area contributed by atoms with Crippen LogP contribution < -0.4 is 0 Å². The van der Waals surface area contributed by atoms with Crippen molar-refractivity contribution >= 4 is 23.2 Å². The fourth-order valence-electron chi connectivity index (χ4n) is 4.11. The number of carbonyl (C=O) groups excluding carboxylic acids is 2. The molecule has 0 unspecified atom stereocenters. The Labute approximate surface area is 181 Å². The van der Waals surface area contributed by atoms with Gasteiger partial charge in [-0.25, -0.2) is 4.98 Å². The number of thiazole rings is 1. The van der Waals surface area contributed by atoms with Crippen LogP contribution in [0.3, 0.4) is 0 Å². The summed E-state index contributed by atoms with van der Waals surface area (Å²) in [5, 5.41) is 0.741. The highest BCUT2D eigenvalue weighted by molar-refractivity contribution is 7.17. The average molecular weight is 431 g/mol. The zero-order valence-electron chi connectivity index (χ0n) is 17.9. The number of carbonyl (C=O) groups is 2. The molecule has 2 fully saturated rings. The molecule has 30 heavy (non-hydrogen) atoms. The molecule has 2 aromatic rings. The van der Waals surface area contributed by atoms with E-state index in [-0.39, 0.29) is 11.8 Å². The number of amides is 2. The van der Waals surface area contributed by atoms with Crippen LogP contribution in [0, 0.1) is 13.8 Å². The molecular formula is C22H30N4O3S. The molecule has 0 spiro atoms. The third-order valence-electron chi connectivity index (χ3n) is 5.92. The Balaban J connectivity index is 1.32. The standard InChI is InChI=1S/C22H30N4O3S/c1-16-7-8-18(29-16)21-23-17(2)20(30-21)22(28)26-13-11-24(12-14-26)15-19(27)25-9-5-3-4-6-10-25/h7-8H,3-6,9-15H2,1-2H3. The van der Waals surface area contributed by atoms with E-state index in [0.29, 0.717) is 30.3 Å². The van der Waals surface area contributed by atoms with E-state index in [9.17, 15) is 9.59 Å². The Morgan fingerprint density at radius 2 is 1.67 bits per heavy atom. The van der Waals surface area contributed by atoms with Crippen molar-refractivity contribution in [2.24, 2.45) is 0 Å². The van der Waals surface area contributed by atoms with Crippen LogP contribution >= 0.6 is 11.3 Å². The molecule has 0 bridgehead atoms. The number of nitrogens with zero attached hydrogens (tertiary/aromatic N) is 4. The average Bonchev–Trinajstić information content (AvgIpc) is 3.23. The first-order chi connectivity index (χ1) is 14.5. The Morgan fingerprint density at radius 3 is 2.30 bits per heavy atom. The topological polar surface area (TPSA) is 69.9 Å². The quantitative estimate of drug-likeness (QED) is 0.745. The lowest BCUT2D eigenvalue weighted by Crippen LogP contribution is -2.51. The van der Waals surface area contributed by atoms with Crippen LogP contribution in [-0.4, -0.2) is 77.3 Å². The van der Waals surface area contributed by atoms with E-state index in [2.05, 4.69) is 9.88 Å². The summed E-state index contributed by atoms with van der Waals surface area (Å²) in [7, 11) is 0. The molecule has 2 aliphatic rings. The molecule has 0 aliphatic carbocycles. The number of hydrogen-bond donors (Lipinski definition) is 0. The Hall–Kier alpha value is -2.19. The van der Waals surface area contributed by atoms with Gasteiger partial charge in [0, 0.05) is 39.3 Å². The second kappa shape index (κ2) is 9.31. The van der Waals surface area contributed by atoms with Crippen molar-refractivity contribution in [2.45, 2.75) is 39.5 Å². The molecule has 2 aromatic heterocycles. The lowest BCUT2D eigenvalue weighted by molar-refractivity contribution is -0.132. The molecule has 2 saturated heterocycles. The summed E-state index contributed by atoms with van der Waals surface area (Å²) in [6.07, 6.45) is 4.68. The van der Waals surface area contributed by atoms with Gasteiger partial charge in [0.2, 0.25) is 5.91 Å². The zero-order chi connectivity index (χ0) is 21.1. The van der Waals surface area contributed by atoms with Gasteiger partial charge in [0.1, 0.15) is 10.6 Å². The van der Waals surface area contributed by atoms with E-state index in [1.807, 2.05) is 35.8 Å². The minimum absolute atomic E-state index is 0.0259. The van der Waals surface area contributed by atoms with Crippen LogP contribution in [0.4, 0.5) is 0 Å². The van der Waals surface area contributed by atoms with Crippen molar-refractivity contribution in [3.63, 3.8) is 0 Å². The van der Waals surface area contributed by atoms with Gasteiger partial charge in [-0.3, -0.25) is 14.5 Å². The number of rotatable bonds is 4. The van der Waals surface area contributed by atoms with Gasteiger partial charge in [-0.05, 0) is 38.8 Å². The first-order valence-corrected chi connectivity index (χ1v) is 11.7. The van der Waals surface area contributed by atoms with Gasteiger partial charge in [-0.2, -0.15) is 0 Å². The monoisotopic (exact) mass is 430 g/mol. The molecule has 4 rings (SSSR count). The first-order valence-electron chi connectivity index (χ1n) is 10.8. The van der Waals surface area contributed by atoms with Crippen LogP contribution in [0.15, 0.2) is 16.5 Å². The van der Waals surface area contributed by atoms with Crippen molar-refractivity contribution in [1.29, 1.82) is 0 Å². The summed E-state index contributed by atoms with van der Waals surface area (Å²) < 4.78 is 5.65. The fraction of sp³-hybridized carbons (Fsp3) is 0.591. The van der Waals surface area contributed by atoms with E-state index in [4.69, 9.17) is 4.42 Å². The number of hydrogen-bond acceptors (Lipinski definition) is 6. The van der Waals surface area contributed by atoms with Crippen LogP contribution in [0.1, 0.15) is 46.8 Å². The lowest BCUT2D eigenvalue weighted by atomic mass is 10.2. The lowest BCUT2D eigenvalue weighted by Gasteiger charge is -2.35. The molecule has 162 valence electrons. The van der Waals surface area contributed by atoms with Crippen molar-refractivity contribution in [3.8, 4) is 10.8 Å². The molecule has 2 aliphatic heterocycles. The second-order valence-electron chi connectivity index (χ2n) is 8.21. The Kier molecular flexibility index (Phi) is 6.53. The minimum atomic E-state index is 0.0259. The molecule has 0 radical (unpaired) electrons. The van der Waals surface area contributed by atoms with Crippen molar-refractivity contribution in [1.82, 2.24) is 19.7 Å². The largest absolute Gasteiger partial charge is 0.459 e. The first kappa shape index (κ1) is 21.1.